The molecule has 1 amide bonds. The summed E-state index contributed by atoms with van der Waals surface area (Å²) in [6.07, 6.45) is 1.58. The summed E-state index contributed by atoms with van der Waals surface area (Å²) in [7, 11) is 0. The molecule has 92 valence electrons. The zero-order valence-electron chi connectivity index (χ0n) is 9.66. The van der Waals surface area contributed by atoms with Crippen LogP contribution in [0.1, 0.15) is 16.1 Å². The predicted octanol–water partition coefficient (Wildman–Crippen LogP) is 2.80. The van der Waals surface area contributed by atoms with Gasteiger partial charge in [-0.2, -0.15) is 0 Å². The van der Waals surface area contributed by atoms with Crippen molar-refractivity contribution in [2.45, 2.75) is 6.92 Å². The van der Waals surface area contributed by atoms with Gasteiger partial charge in [0.15, 0.2) is 0 Å². The Bertz CT molecular complexity index is 591. The first-order valence-electron chi connectivity index (χ1n) is 5.33. The Morgan fingerprint density at radius 1 is 1.28 bits per heavy atom. The number of halogens is 1. The fourth-order valence-electron chi connectivity index (χ4n) is 1.49. The Balaban J connectivity index is 2.14. The molecule has 0 aliphatic carbocycles. The van der Waals surface area contributed by atoms with Crippen LogP contribution in [-0.2, 0) is 4.79 Å². The second-order valence-electron chi connectivity index (χ2n) is 3.85. The van der Waals surface area contributed by atoms with E-state index in [-0.39, 0.29) is 5.69 Å². The molecule has 0 aliphatic rings. The van der Waals surface area contributed by atoms with Crippen LogP contribution in [0, 0.1) is 6.92 Å². The van der Waals surface area contributed by atoms with Crippen molar-refractivity contribution >= 4 is 29.0 Å². The molecule has 18 heavy (non-hydrogen) atoms. The Morgan fingerprint density at radius 2 is 2.06 bits per heavy atom. The molecule has 0 bridgehead atoms. The van der Waals surface area contributed by atoms with Crippen LogP contribution in [0.5, 0.6) is 0 Å². The number of Topliss-reactive ketones (excluding diaryl/α,β-unsaturated/α-hetero) is 1. The molecule has 0 saturated carbocycles. The molecule has 0 saturated heterocycles. The number of hydrogen-bond donors (Lipinski definition) is 2. The quantitative estimate of drug-likeness (QED) is 0.660. The monoisotopic (exact) mass is 262 g/mol. The summed E-state index contributed by atoms with van der Waals surface area (Å²) in [6.45, 7) is 1.89. The third kappa shape index (κ3) is 2.60. The van der Waals surface area contributed by atoms with E-state index in [0.29, 0.717) is 10.7 Å². The van der Waals surface area contributed by atoms with Crippen molar-refractivity contribution in [2.24, 2.45) is 0 Å². The Labute approximate surface area is 109 Å². The second kappa shape index (κ2) is 5.06. The number of aromatic amines is 1. The number of carbonyl (C=O) groups is 2. The van der Waals surface area contributed by atoms with Crippen molar-refractivity contribution in [2.75, 3.05) is 5.32 Å². The van der Waals surface area contributed by atoms with Crippen LogP contribution in [-0.4, -0.2) is 16.7 Å². The standard InChI is InChI=1S/C13H11ClN2O2/c1-8-4-5-10(9(14)7-8)16-13(18)12(17)11-3-2-6-15-11/h2-7,15H,1H3,(H,16,18). The van der Waals surface area contributed by atoms with Crippen LogP contribution in [0.3, 0.4) is 0 Å². The first-order valence-corrected chi connectivity index (χ1v) is 5.71. The summed E-state index contributed by atoms with van der Waals surface area (Å²) in [5, 5.41) is 2.89. The van der Waals surface area contributed by atoms with Crippen LogP contribution in [0.2, 0.25) is 5.02 Å². The fourth-order valence-corrected chi connectivity index (χ4v) is 1.78. The van der Waals surface area contributed by atoms with Gasteiger partial charge < -0.3 is 10.3 Å². The second-order valence-corrected chi connectivity index (χ2v) is 4.26. The molecule has 2 rings (SSSR count). The molecule has 1 heterocycles. The number of ketones is 1. The maximum atomic E-state index is 11.7. The molecule has 5 heteroatoms. The smallest absolute Gasteiger partial charge is 0.298 e. The van der Waals surface area contributed by atoms with Gasteiger partial charge in [-0.1, -0.05) is 17.7 Å². The molecule has 0 atom stereocenters. The molecule has 0 fully saturated rings. The van der Waals surface area contributed by atoms with Crippen molar-refractivity contribution in [1.29, 1.82) is 0 Å². The summed E-state index contributed by atoms with van der Waals surface area (Å²) >= 11 is 5.97. The van der Waals surface area contributed by atoms with Gasteiger partial charge in [0.2, 0.25) is 0 Å². The number of H-pyrrole nitrogens is 1. The average Bonchev–Trinajstić information content (AvgIpc) is 2.85. The topological polar surface area (TPSA) is 62.0 Å². The van der Waals surface area contributed by atoms with Crippen LogP contribution in [0.15, 0.2) is 36.5 Å². The molecule has 0 spiro atoms. The van der Waals surface area contributed by atoms with Gasteiger partial charge in [0.05, 0.1) is 16.4 Å². The highest BCUT2D eigenvalue weighted by atomic mass is 35.5. The van der Waals surface area contributed by atoms with E-state index in [0.717, 1.165) is 5.56 Å². The Morgan fingerprint density at radius 3 is 2.67 bits per heavy atom. The molecule has 1 aromatic carbocycles. The number of aromatic nitrogens is 1. The van der Waals surface area contributed by atoms with E-state index in [9.17, 15) is 9.59 Å². The molecule has 4 nitrogen and oxygen atoms in total. The third-order valence-electron chi connectivity index (χ3n) is 2.42. The van der Waals surface area contributed by atoms with Crippen molar-refractivity contribution in [3.05, 3.63) is 52.8 Å². The van der Waals surface area contributed by atoms with E-state index in [1.54, 1.807) is 36.5 Å². The van der Waals surface area contributed by atoms with Crippen molar-refractivity contribution in [3.63, 3.8) is 0 Å². The first kappa shape index (κ1) is 12.4. The SMILES string of the molecule is Cc1ccc(NC(=O)C(=O)c2ccc[nH]2)c(Cl)c1. The van der Waals surface area contributed by atoms with Crippen LogP contribution in [0.25, 0.3) is 0 Å². The van der Waals surface area contributed by atoms with E-state index in [4.69, 9.17) is 11.6 Å². The van der Waals surface area contributed by atoms with Crippen molar-refractivity contribution in [1.82, 2.24) is 4.98 Å². The molecule has 2 aromatic rings. The molecular weight excluding hydrogens is 252 g/mol. The number of rotatable bonds is 3. The van der Waals surface area contributed by atoms with E-state index in [1.807, 2.05) is 6.92 Å². The summed E-state index contributed by atoms with van der Waals surface area (Å²) < 4.78 is 0. The number of anilines is 1. The first-order chi connectivity index (χ1) is 8.58. The molecule has 0 unspecified atom stereocenters. The maximum Gasteiger partial charge on any atom is 0.298 e. The molecule has 1 aromatic heterocycles. The maximum absolute atomic E-state index is 11.7. The van der Waals surface area contributed by atoms with E-state index >= 15 is 0 Å². The molecule has 0 radical (unpaired) electrons. The van der Waals surface area contributed by atoms with Gasteiger partial charge in [-0.15, -0.1) is 0 Å². The minimum absolute atomic E-state index is 0.246. The van der Waals surface area contributed by atoms with Crippen LogP contribution in [0.4, 0.5) is 5.69 Å². The summed E-state index contributed by atoms with van der Waals surface area (Å²) in [5.74, 6) is -1.35. The van der Waals surface area contributed by atoms with Gasteiger partial charge in [-0.3, -0.25) is 9.59 Å². The number of benzene rings is 1. The molecular formula is C13H11ClN2O2. The fraction of sp³-hybridized carbons (Fsp3) is 0.0769. The minimum Gasteiger partial charge on any atom is -0.358 e. The lowest BCUT2D eigenvalue weighted by atomic mass is 10.2. The third-order valence-corrected chi connectivity index (χ3v) is 2.73. The summed E-state index contributed by atoms with van der Waals surface area (Å²) in [4.78, 5) is 26.1. The lowest BCUT2D eigenvalue weighted by Gasteiger charge is -2.06. The summed E-state index contributed by atoms with van der Waals surface area (Å²) in [6, 6.07) is 8.38. The van der Waals surface area contributed by atoms with E-state index in [2.05, 4.69) is 10.3 Å². The number of amides is 1. The van der Waals surface area contributed by atoms with Crippen LogP contribution >= 0.6 is 11.6 Å². The highest BCUT2D eigenvalue weighted by Crippen LogP contribution is 2.22. The largest absolute Gasteiger partial charge is 0.358 e. The Kier molecular flexibility index (Phi) is 3.48. The molecule has 2 N–H and O–H groups in total. The lowest BCUT2D eigenvalue weighted by molar-refractivity contribution is -0.112. The van der Waals surface area contributed by atoms with Crippen molar-refractivity contribution < 1.29 is 9.59 Å². The van der Waals surface area contributed by atoms with E-state index in [1.165, 1.54) is 0 Å². The minimum atomic E-state index is -0.719. The van der Waals surface area contributed by atoms with Gasteiger partial charge in [-0.05, 0) is 36.8 Å². The van der Waals surface area contributed by atoms with Gasteiger partial charge in [-0.25, -0.2) is 0 Å². The van der Waals surface area contributed by atoms with Crippen molar-refractivity contribution in [3.8, 4) is 0 Å². The average molecular weight is 263 g/mol. The van der Waals surface area contributed by atoms with Gasteiger partial charge in [0.1, 0.15) is 0 Å². The summed E-state index contributed by atoms with van der Waals surface area (Å²) in [5.41, 5.74) is 1.65. The number of aryl methyl sites for hydroxylation is 1. The van der Waals surface area contributed by atoms with E-state index < -0.39 is 11.7 Å². The number of carbonyl (C=O) groups excluding carboxylic acids is 2. The zero-order valence-corrected chi connectivity index (χ0v) is 10.4. The molecule has 0 aliphatic heterocycles. The van der Waals surface area contributed by atoms with Gasteiger partial charge >= 0.3 is 0 Å². The highest BCUT2D eigenvalue weighted by Gasteiger charge is 2.17. The normalized spacial score (nSPS) is 10.1. The zero-order chi connectivity index (χ0) is 13.1. The van der Waals surface area contributed by atoms with Gasteiger partial charge in [0.25, 0.3) is 11.7 Å². The predicted molar refractivity (Wildman–Crippen MR) is 69.9 cm³/mol. The lowest BCUT2D eigenvalue weighted by Crippen LogP contribution is -2.23. The number of nitrogens with one attached hydrogen (secondary N) is 2. The highest BCUT2D eigenvalue weighted by molar-refractivity contribution is 6.47. The van der Waals surface area contributed by atoms with Gasteiger partial charge in [0, 0.05) is 6.20 Å². The Hall–Kier alpha value is -2.07. The number of hydrogen-bond acceptors (Lipinski definition) is 2. The van der Waals surface area contributed by atoms with Crippen LogP contribution < -0.4 is 5.32 Å².